The van der Waals surface area contributed by atoms with Crippen LogP contribution >= 0.6 is 0 Å². The summed E-state index contributed by atoms with van der Waals surface area (Å²) in [6.45, 7) is 4.28. The maximum atomic E-state index is 13.8. The van der Waals surface area contributed by atoms with Crippen molar-refractivity contribution >= 4 is 17.5 Å². The van der Waals surface area contributed by atoms with E-state index >= 15 is 0 Å². The Morgan fingerprint density at radius 3 is 2.50 bits per heavy atom. The molecule has 0 atom stereocenters. The molecule has 0 unspecified atom stereocenters. The number of nitrogens with one attached hydrogen (secondary N) is 2. The van der Waals surface area contributed by atoms with Gasteiger partial charge in [0.05, 0.1) is 5.69 Å². The number of nitrogens with zero attached hydrogens (tertiary/aromatic N) is 2. The summed E-state index contributed by atoms with van der Waals surface area (Å²) in [5, 5.41) is 5.76. The highest BCUT2D eigenvalue weighted by Crippen LogP contribution is 2.23. The number of aryl methyl sites for hydroxylation is 2. The van der Waals surface area contributed by atoms with Gasteiger partial charge in [0.15, 0.2) is 17.5 Å². The van der Waals surface area contributed by atoms with Gasteiger partial charge in [0.25, 0.3) is 0 Å². The van der Waals surface area contributed by atoms with E-state index in [9.17, 15) is 13.2 Å². The van der Waals surface area contributed by atoms with Gasteiger partial charge in [0.2, 0.25) is 5.95 Å². The number of aromatic nitrogens is 2. The summed E-state index contributed by atoms with van der Waals surface area (Å²) in [5.74, 6) is -3.45. The van der Waals surface area contributed by atoms with Crippen LogP contribution in [0.4, 0.5) is 30.6 Å². The van der Waals surface area contributed by atoms with Crippen molar-refractivity contribution in [3.8, 4) is 0 Å². The summed E-state index contributed by atoms with van der Waals surface area (Å²) in [6, 6.07) is 11.5. The number of rotatable bonds is 5. The molecule has 0 fully saturated rings. The summed E-state index contributed by atoms with van der Waals surface area (Å²) in [5.41, 5.74) is 2.64. The number of halogens is 3. The molecule has 2 aromatic carbocycles. The lowest BCUT2D eigenvalue weighted by Gasteiger charge is -2.11. The zero-order valence-corrected chi connectivity index (χ0v) is 14.3. The van der Waals surface area contributed by atoms with Crippen LogP contribution in [0.15, 0.2) is 42.5 Å². The minimum Gasteiger partial charge on any atom is -0.350 e. The number of benzene rings is 2. The van der Waals surface area contributed by atoms with Gasteiger partial charge >= 0.3 is 0 Å². The molecular formula is C19H17F3N4. The topological polar surface area (TPSA) is 49.8 Å². The quantitative estimate of drug-likeness (QED) is 0.639. The van der Waals surface area contributed by atoms with Crippen molar-refractivity contribution in [3.63, 3.8) is 0 Å². The van der Waals surface area contributed by atoms with E-state index in [1.807, 2.05) is 31.2 Å². The van der Waals surface area contributed by atoms with E-state index in [1.54, 1.807) is 13.0 Å². The van der Waals surface area contributed by atoms with Gasteiger partial charge in [-0.2, -0.15) is 4.98 Å². The van der Waals surface area contributed by atoms with Gasteiger partial charge in [0.1, 0.15) is 5.82 Å². The van der Waals surface area contributed by atoms with Crippen molar-refractivity contribution in [2.45, 2.75) is 20.4 Å². The van der Waals surface area contributed by atoms with Crippen molar-refractivity contribution in [1.29, 1.82) is 0 Å². The largest absolute Gasteiger partial charge is 0.350 e. The maximum Gasteiger partial charge on any atom is 0.225 e. The molecule has 0 saturated carbocycles. The van der Waals surface area contributed by atoms with E-state index < -0.39 is 17.5 Å². The van der Waals surface area contributed by atoms with Crippen LogP contribution < -0.4 is 10.6 Å². The molecule has 0 aliphatic rings. The third kappa shape index (κ3) is 4.11. The summed E-state index contributed by atoms with van der Waals surface area (Å²) >= 11 is 0. The van der Waals surface area contributed by atoms with E-state index in [-0.39, 0.29) is 11.5 Å². The Hall–Kier alpha value is -3.09. The van der Waals surface area contributed by atoms with Gasteiger partial charge in [-0.15, -0.1) is 0 Å². The van der Waals surface area contributed by atoms with E-state index in [2.05, 4.69) is 20.6 Å². The lowest BCUT2D eigenvalue weighted by Crippen LogP contribution is -2.07. The lowest BCUT2D eigenvalue weighted by molar-refractivity contribution is 0.449. The molecule has 0 bridgehead atoms. The Morgan fingerprint density at radius 2 is 1.73 bits per heavy atom. The van der Waals surface area contributed by atoms with Crippen LogP contribution in [0.2, 0.25) is 0 Å². The fourth-order valence-corrected chi connectivity index (χ4v) is 2.48. The zero-order chi connectivity index (χ0) is 18.7. The summed E-state index contributed by atoms with van der Waals surface area (Å²) in [7, 11) is 0. The van der Waals surface area contributed by atoms with Crippen LogP contribution in [0.25, 0.3) is 0 Å². The Morgan fingerprint density at radius 1 is 0.923 bits per heavy atom. The Kier molecular flexibility index (Phi) is 5.06. The molecule has 4 nitrogen and oxygen atoms in total. The fourth-order valence-electron chi connectivity index (χ4n) is 2.48. The highest BCUT2D eigenvalue weighted by Gasteiger charge is 2.14. The Balaban J connectivity index is 1.78. The molecule has 0 aliphatic heterocycles. The highest BCUT2D eigenvalue weighted by molar-refractivity contribution is 5.58. The molecule has 0 saturated heterocycles. The summed E-state index contributed by atoms with van der Waals surface area (Å²) in [6.07, 6.45) is 0. The van der Waals surface area contributed by atoms with Gasteiger partial charge in [-0.05, 0) is 31.5 Å². The summed E-state index contributed by atoms with van der Waals surface area (Å²) in [4.78, 5) is 8.52. The SMILES string of the molecule is Cc1cccc(CNc2nc(C)cc(Nc3ccc(F)c(F)c3F)n2)c1. The molecule has 7 heteroatoms. The lowest BCUT2D eigenvalue weighted by atomic mass is 10.1. The summed E-state index contributed by atoms with van der Waals surface area (Å²) < 4.78 is 40.2. The average molecular weight is 358 g/mol. The van der Waals surface area contributed by atoms with Gasteiger partial charge in [-0.3, -0.25) is 0 Å². The molecule has 1 aromatic heterocycles. The van der Waals surface area contributed by atoms with Gasteiger partial charge < -0.3 is 10.6 Å². The first kappa shape index (κ1) is 17.7. The van der Waals surface area contributed by atoms with Crippen LogP contribution in [0.1, 0.15) is 16.8 Å². The van der Waals surface area contributed by atoms with Gasteiger partial charge in [0, 0.05) is 18.3 Å². The smallest absolute Gasteiger partial charge is 0.225 e. The number of hydrogen-bond acceptors (Lipinski definition) is 4. The van der Waals surface area contributed by atoms with Crippen LogP contribution in [-0.4, -0.2) is 9.97 Å². The third-order valence-corrected chi connectivity index (χ3v) is 3.69. The Labute approximate surface area is 149 Å². The van der Waals surface area contributed by atoms with Crippen molar-refractivity contribution in [1.82, 2.24) is 9.97 Å². The molecule has 3 aromatic rings. The monoisotopic (exact) mass is 358 g/mol. The second kappa shape index (κ2) is 7.43. The van der Waals surface area contributed by atoms with Crippen molar-refractivity contribution in [2.75, 3.05) is 10.6 Å². The van der Waals surface area contributed by atoms with Crippen LogP contribution in [0, 0.1) is 31.3 Å². The van der Waals surface area contributed by atoms with Crippen molar-refractivity contribution in [2.24, 2.45) is 0 Å². The van der Waals surface area contributed by atoms with E-state index in [1.165, 1.54) is 0 Å². The van der Waals surface area contributed by atoms with E-state index in [0.29, 0.717) is 18.2 Å². The molecule has 2 N–H and O–H groups in total. The van der Waals surface area contributed by atoms with Crippen LogP contribution in [0.3, 0.4) is 0 Å². The predicted molar refractivity (Wildman–Crippen MR) is 94.9 cm³/mol. The second-order valence-corrected chi connectivity index (χ2v) is 5.91. The van der Waals surface area contributed by atoms with E-state index in [0.717, 1.165) is 23.3 Å². The minimum atomic E-state index is -1.53. The first-order valence-corrected chi connectivity index (χ1v) is 7.98. The van der Waals surface area contributed by atoms with Crippen molar-refractivity contribution in [3.05, 3.63) is 76.7 Å². The molecule has 0 amide bonds. The average Bonchev–Trinajstić information content (AvgIpc) is 2.60. The minimum absolute atomic E-state index is 0.202. The number of hydrogen-bond donors (Lipinski definition) is 2. The van der Waals surface area contributed by atoms with Crippen molar-refractivity contribution < 1.29 is 13.2 Å². The molecule has 0 radical (unpaired) electrons. The molecule has 134 valence electrons. The molecule has 0 aliphatic carbocycles. The van der Waals surface area contributed by atoms with Crippen LogP contribution in [0.5, 0.6) is 0 Å². The normalized spacial score (nSPS) is 10.7. The van der Waals surface area contributed by atoms with Gasteiger partial charge in [-0.25, -0.2) is 18.2 Å². The molecule has 26 heavy (non-hydrogen) atoms. The fraction of sp³-hybridized carbons (Fsp3) is 0.158. The molecule has 0 spiro atoms. The number of anilines is 3. The molecule has 1 heterocycles. The van der Waals surface area contributed by atoms with Crippen LogP contribution in [-0.2, 0) is 6.54 Å². The molecule has 3 rings (SSSR count). The van der Waals surface area contributed by atoms with Gasteiger partial charge in [-0.1, -0.05) is 29.8 Å². The Bertz CT molecular complexity index is 944. The third-order valence-electron chi connectivity index (χ3n) is 3.69. The standard InChI is InChI=1S/C19H17F3N4/c1-11-4-3-5-13(8-11)10-23-19-24-12(2)9-16(26-19)25-15-7-6-14(20)17(21)18(15)22/h3-9H,10H2,1-2H3,(H2,23,24,25,26). The maximum absolute atomic E-state index is 13.8. The highest BCUT2D eigenvalue weighted by atomic mass is 19.2. The van der Waals surface area contributed by atoms with E-state index in [4.69, 9.17) is 0 Å². The second-order valence-electron chi connectivity index (χ2n) is 5.91. The predicted octanol–water partition coefficient (Wildman–Crippen LogP) is 4.87. The molecular weight excluding hydrogens is 341 g/mol. The zero-order valence-electron chi connectivity index (χ0n) is 14.3. The first-order chi connectivity index (χ1) is 12.4. The first-order valence-electron chi connectivity index (χ1n) is 7.98.